The minimum absolute atomic E-state index is 0.0545. The van der Waals surface area contributed by atoms with E-state index in [2.05, 4.69) is 9.97 Å². The molecule has 0 bridgehead atoms. The van der Waals surface area contributed by atoms with Crippen molar-refractivity contribution in [1.29, 1.82) is 0 Å². The molecule has 0 unspecified atom stereocenters. The fourth-order valence-electron chi connectivity index (χ4n) is 2.77. The van der Waals surface area contributed by atoms with Gasteiger partial charge >= 0.3 is 6.18 Å². The van der Waals surface area contributed by atoms with Crippen LogP contribution in [0.2, 0.25) is 0 Å². The number of ether oxygens (including phenoxy) is 1. The molecule has 0 spiro atoms. The quantitative estimate of drug-likeness (QED) is 0.535. The highest BCUT2D eigenvalue weighted by molar-refractivity contribution is 7.99. The molecule has 26 heavy (non-hydrogen) atoms. The third-order valence-electron chi connectivity index (χ3n) is 3.89. The van der Waals surface area contributed by atoms with E-state index < -0.39 is 11.7 Å². The molecular weight excluding hydrogens is 361 g/mol. The molecule has 0 atom stereocenters. The van der Waals surface area contributed by atoms with Crippen molar-refractivity contribution in [3.05, 3.63) is 41.6 Å². The van der Waals surface area contributed by atoms with Crippen molar-refractivity contribution >= 4 is 33.6 Å². The lowest BCUT2D eigenvalue weighted by Crippen LogP contribution is -2.14. The zero-order valence-electron chi connectivity index (χ0n) is 14.9. The number of halogens is 3. The summed E-state index contributed by atoms with van der Waals surface area (Å²) >= 11 is 1.44. The molecule has 0 fully saturated rings. The minimum atomic E-state index is -4.54. The third-order valence-corrected chi connectivity index (χ3v) is 5.21. The molecule has 0 amide bonds. The molecule has 138 valence electrons. The molecule has 2 heterocycles. The Labute approximate surface area is 154 Å². The van der Waals surface area contributed by atoms with E-state index in [1.54, 1.807) is 24.3 Å². The maximum Gasteiger partial charge on any atom is 0.417 e. The molecule has 0 N–H and O–H groups in total. The standard InChI is InChI=1S/C19H19F3N2OS/c1-18(2,3)26-10-11-9-23-16-12-7-5-6-8-13(12)24-17(25-4)14(16)15(11)19(20,21)22/h5-9H,10H2,1-4H3. The number of rotatable bonds is 3. The molecule has 0 aliphatic rings. The molecule has 3 nitrogen and oxygen atoms in total. The van der Waals surface area contributed by atoms with Crippen molar-refractivity contribution in [2.45, 2.75) is 37.4 Å². The topological polar surface area (TPSA) is 35.0 Å². The van der Waals surface area contributed by atoms with E-state index in [1.807, 2.05) is 20.8 Å². The molecule has 0 aliphatic carbocycles. The first-order valence-corrected chi connectivity index (χ1v) is 9.06. The number of para-hydroxylation sites is 1. The van der Waals surface area contributed by atoms with Crippen LogP contribution in [0.5, 0.6) is 5.88 Å². The van der Waals surface area contributed by atoms with Gasteiger partial charge in [0.15, 0.2) is 0 Å². The van der Waals surface area contributed by atoms with Gasteiger partial charge < -0.3 is 4.74 Å². The molecular formula is C19H19F3N2OS. The van der Waals surface area contributed by atoms with Crippen LogP contribution in [0.4, 0.5) is 13.2 Å². The average Bonchev–Trinajstić information content (AvgIpc) is 2.56. The first kappa shape index (κ1) is 18.8. The molecule has 3 aromatic rings. The van der Waals surface area contributed by atoms with Crippen LogP contribution in [0.3, 0.4) is 0 Å². The Balaban J connectivity index is 2.36. The highest BCUT2D eigenvalue weighted by Crippen LogP contribution is 2.43. The molecule has 0 aliphatic heterocycles. The Kier molecular flexibility index (Phi) is 4.77. The highest BCUT2D eigenvalue weighted by atomic mass is 32.2. The molecule has 0 saturated carbocycles. The van der Waals surface area contributed by atoms with Gasteiger partial charge in [-0.1, -0.05) is 39.0 Å². The van der Waals surface area contributed by atoms with Crippen molar-refractivity contribution < 1.29 is 17.9 Å². The summed E-state index contributed by atoms with van der Waals surface area (Å²) in [5.41, 5.74) is 0.230. The Morgan fingerprint density at radius 3 is 2.42 bits per heavy atom. The normalized spacial score (nSPS) is 12.7. The van der Waals surface area contributed by atoms with Crippen molar-refractivity contribution in [3.63, 3.8) is 0 Å². The molecule has 2 aromatic heterocycles. The number of fused-ring (bicyclic) bond motifs is 3. The first-order valence-electron chi connectivity index (χ1n) is 8.07. The number of hydrogen-bond donors (Lipinski definition) is 0. The molecule has 7 heteroatoms. The van der Waals surface area contributed by atoms with Gasteiger partial charge in [-0.05, 0) is 11.6 Å². The Hall–Kier alpha value is -2.02. The van der Waals surface area contributed by atoms with Crippen LogP contribution >= 0.6 is 11.8 Å². The maximum absolute atomic E-state index is 14.0. The Morgan fingerprint density at radius 2 is 1.81 bits per heavy atom. The number of thioether (sulfide) groups is 1. The van der Waals surface area contributed by atoms with Crippen molar-refractivity contribution in [1.82, 2.24) is 9.97 Å². The molecule has 0 saturated heterocycles. The van der Waals surface area contributed by atoms with E-state index in [-0.39, 0.29) is 32.8 Å². The van der Waals surface area contributed by atoms with Crippen molar-refractivity contribution in [3.8, 4) is 5.88 Å². The number of hydrogen-bond acceptors (Lipinski definition) is 4. The van der Waals surface area contributed by atoms with Crippen molar-refractivity contribution in [2.24, 2.45) is 0 Å². The number of pyridine rings is 2. The van der Waals surface area contributed by atoms with Gasteiger partial charge in [0.1, 0.15) is 0 Å². The number of aromatic nitrogens is 2. The van der Waals surface area contributed by atoms with Crippen molar-refractivity contribution in [2.75, 3.05) is 7.11 Å². The Bertz CT molecular complexity index is 965. The lowest BCUT2D eigenvalue weighted by atomic mass is 10.0. The van der Waals surface area contributed by atoms with Crippen LogP contribution in [0, 0.1) is 0 Å². The van der Waals surface area contributed by atoms with Gasteiger partial charge in [0, 0.05) is 22.1 Å². The van der Waals surface area contributed by atoms with E-state index in [0.717, 1.165) is 0 Å². The largest absolute Gasteiger partial charge is 0.480 e. The van der Waals surface area contributed by atoms with Crippen LogP contribution in [0.15, 0.2) is 30.5 Å². The monoisotopic (exact) mass is 380 g/mol. The second-order valence-corrected chi connectivity index (χ2v) is 8.72. The third kappa shape index (κ3) is 3.58. The fourth-order valence-corrected chi connectivity index (χ4v) is 3.58. The van der Waals surface area contributed by atoms with E-state index in [9.17, 15) is 13.2 Å². The van der Waals surface area contributed by atoms with Gasteiger partial charge in [-0.25, -0.2) is 4.98 Å². The SMILES string of the molecule is COc1nc2ccccc2c2ncc(CSC(C)(C)C)c(C(F)(F)F)c12. The van der Waals surface area contributed by atoms with Crippen LogP contribution in [0.1, 0.15) is 31.9 Å². The number of nitrogens with zero attached hydrogens (tertiary/aromatic N) is 2. The summed E-state index contributed by atoms with van der Waals surface area (Å²) in [6.07, 6.45) is -3.21. The second kappa shape index (κ2) is 6.61. The van der Waals surface area contributed by atoms with Gasteiger partial charge in [-0.15, -0.1) is 0 Å². The van der Waals surface area contributed by atoms with Crippen LogP contribution in [-0.2, 0) is 11.9 Å². The zero-order valence-corrected chi connectivity index (χ0v) is 15.8. The summed E-state index contributed by atoms with van der Waals surface area (Å²) in [7, 11) is 1.33. The zero-order chi connectivity index (χ0) is 19.1. The maximum atomic E-state index is 14.0. The highest BCUT2D eigenvalue weighted by Gasteiger charge is 2.38. The smallest absolute Gasteiger partial charge is 0.417 e. The van der Waals surface area contributed by atoms with Gasteiger partial charge in [0.25, 0.3) is 0 Å². The van der Waals surface area contributed by atoms with E-state index in [0.29, 0.717) is 10.9 Å². The van der Waals surface area contributed by atoms with E-state index in [4.69, 9.17) is 4.74 Å². The lowest BCUT2D eigenvalue weighted by Gasteiger charge is -2.21. The number of alkyl halides is 3. The second-order valence-electron chi connectivity index (χ2n) is 6.92. The van der Waals surface area contributed by atoms with Gasteiger partial charge in [0.2, 0.25) is 5.88 Å². The average molecular weight is 380 g/mol. The van der Waals surface area contributed by atoms with E-state index in [1.165, 1.54) is 25.1 Å². The molecule has 3 rings (SSSR count). The van der Waals surface area contributed by atoms with Crippen LogP contribution in [0.25, 0.3) is 21.8 Å². The predicted octanol–water partition coefficient (Wildman–Crippen LogP) is 5.84. The number of benzene rings is 1. The lowest BCUT2D eigenvalue weighted by molar-refractivity contribution is -0.136. The first-order chi connectivity index (χ1) is 12.1. The van der Waals surface area contributed by atoms with Crippen LogP contribution in [-0.4, -0.2) is 21.8 Å². The minimum Gasteiger partial charge on any atom is -0.480 e. The summed E-state index contributed by atoms with van der Waals surface area (Å²) in [4.78, 5) is 8.64. The molecule has 1 aromatic carbocycles. The van der Waals surface area contributed by atoms with Gasteiger partial charge in [0.05, 0.1) is 29.1 Å². The summed E-state index contributed by atoms with van der Waals surface area (Å²) in [6.45, 7) is 5.90. The summed E-state index contributed by atoms with van der Waals surface area (Å²) < 4.78 is 47.0. The summed E-state index contributed by atoms with van der Waals surface area (Å²) in [5.74, 6) is 0.151. The molecule has 0 radical (unpaired) electrons. The van der Waals surface area contributed by atoms with Gasteiger partial charge in [-0.2, -0.15) is 24.9 Å². The van der Waals surface area contributed by atoms with E-state index >= 15 is 0 Å². The van der Waals surface area contributed by atoms with Crippen LogP contribution < -0.4 is 4.74 Å². The van der Waals surface area contributed by atoms with Gasteiger partial charge in [-0.3, -0.25) is 4.98 Å². The summed E-state index contributed by atoms with van der Waals surface area (Å²) in [5, 5.41) is 0.495. The predicted molar refractivity (Wildman–Crippen MR) is 99.6 cm³/mol. The Morgan fingerprint density at radius 1 is 1.12 bits per heavy atom. The summed E-state index contributed by atoms with van der Waals surface area (Å²) in [6, 6.07) is 6.99. The fraction of sp³-hybridized carbons (Fsp3) is 0.368. The number of methoxy groups -OCH3 is 1.